The average molecular weight is 372 g/mol. The van der Waals surface area contributed by atoms with Crippen LogP contribution < -0.4 is 10.2 Å². The summed E-state index contributed by atoms with van der Waals surface area (Å²) >= 11 is 0. The molecule has 0 saturated carbocycles. The molecular weight excluding hydrogens is 347 g/mol. The maximum absolute atomic E-state index is 12.0. The Morgan fingerprint density at radius 2 is 1.93 bits per heavy atom. The first kappa shape index (κ1) is 19.4. The lowest BCUT2D eigenvalue weighted by Crippen LogP contribution is -2.47. The van der Waals surface area contributed by atoms with E-state index in [2.05, 4.69) is 18.9 Å². The number of methoxy groups -OCH3 is 2. The van der Waals surface area contributed by atoms with Crippen molar-refractivity contribution < 1.29 is 23.6 Å². The van der Waals surface area contributed by atoms with Crippen LogP contribution in [0.25, 0.3) is 11.3 Å². The standard InChI is InChI=1S/C19H25BN2O5/c1-12-16(21-22(4)17(12)18(23)25-6)13-7-8-15(24-5)14(9-13)20-26-10-19(2,3)11-27-20/h7-9H,10-11H2,1-6H3. The molecule has 27 heavy (non-hydrogen) atoms. The number of aromatic nitrogens is 2. The molecule has 0 bridgehead atoms. The Labute approximate surface area is 159 Å². The Balaban J connectivity index is 2.00. The number of benzene rings is 1. The van der Waals surface area contributed by atoms with Crippen molar-refractivity contribution in [1.82, 2.24) is 9.78 Å². The van der Waals surface area contributed by atoms with Gasteiger partial charge in [-0.3, -0.25) is 4.68 Å². The molecule has 0 atom stereocenters. The van der Waals surface area contributed by atoms with Gasteiger partial charge >= 0.3 is 13.1 Å². The van der Waals surface area contributed by atoms with Crippen LogP contribution in [-0.4, -0.2) is 50.3 Å². The van der Waals surface area contributed by atoms with E-state index in [-0.39, 0.29) is 5.41 Å². The summed E-state index contributed by atoms with van der Waals surface area (Å²) in [5.41, 5.74) is 3.52. The van der Waals surface area contributed by atoms with Crippen molar-refractivity contribution >= 4 is 18.6 Å². The highest BCUT2D eigenvalue weighted by molar-refractivity contribution is 6.62. The lowest BCUT2D eigenvalue weighted by atomic mass is 9.74. The van der Waals surface area contributed by atoms with Gasteiger partial charge in [-0.05, 0) is 25.1 Å². The SMILES string of the molecule is COC(=O)c1c(C)c(-c2ccc(OC)c(B3OCC(C)(C)CO3)c2)nn1C. The molecule has 0 radical (unpaired) electrons. The van der Waals surface area contributed by atoms with E-state index < -0.39 is 13.1 Å². The summed E-state index contributed by atoms with van der Waals surface area (Å²) in [6.45, 7) is 7.25. The van der Waals surface area contributed by atoms with Crippen molar-refractivity contribution in [2.75, 3.05) is 27.4 Å². The van der Waals surface area contributed by atoms with E-state index in [9.17, 15) is 4.79 Å². The minimum Gasteiger partial charge on any atom is -0.497 e. The van der Waals surface area contributed by atoms with Crippen LogP contribution >= 0.6 is 0 Å². The minimum atomic E-state index is -0.503. The molecule has 1 aliphatic rings. The third-order valence-electron chi connectivity index (χ3n) is 4.67. The highest BCUT2D eigenvalue weighted by Gasteiger charge is 2.35. The van der Waals surface area contributed by atoms with Gasteiger partial charge in [0.1, 0.15) is 11.4 Å². The van der Waals surface area contributed by atoms with Crippen molar-refractivity contribution in [1.29, 1.82) is 0 Å². The van der Waals surface area contributed by atoms with Crippen LogP contribution in [0.3, 0.4) is 0 Å². The molecule has 0 N–H and O–H groups in total. The molecule has 2 aromatic rings. The van der Waals surface area contributed by atoms with Crippen molar-refractivity contribution in [3.8, 4) is 17.0 Å². The van der Waals surface area contributed by atoms with Crippen molar-refractivity contribution in [3.63, 3.8) is 0 Å². The van der Waals surface area contributed by atoms with E-state index in [1.54, 1.807) is 14.2 Å². The van der Waals surface area contributed by atoms with Crippen LogP contribution in [0.4, 0.5) is 0 Å². The Hall–Kier alpha value is -2.32. The number of hydrogen-bond donors (Lipinski definition) is 0. The molecule has 1 aromatic carbocycles. The smallest absolute Gasteiger partial charge is 0.497 e. The van der Waals surface area contributed by atoms with Crippen LogP contribution in [-0.2, 0) is 21.1 Å². The zero-order chi connectivity index (χ0) is 19.8. The molecule has 0 amide bonds. The van der Waals surface area contributed by atoms with E-state index in [1.165, 1.54) is 11.8 Å². The van der Waals surface area contributed by atoms with Gasteiger partial charge in [-0.1, -0.05) is 13.8 Å². The number of ether oxygens (including phenoxy) is 2. The fourth-order valence-electron chi connectivity index (χ4n) is 3.22. The van der Waals surface area contributed by atoms with Crippen molar-refractivity contribution in [2.45, 2.75) is 20.8 Å². The highest BCUT2D eigenvalue weighted by Crippen LogP contribution is 2.28. The molecular formula is C19H25BN2O5. The Morgan fingerprint density at radius 3 is 2.52 bits per heavy atom. The van der Waals surface area contributed by atoms with E-state index >= 15 is 0 Å². The Bertz CT molecular complexity index is 852. The molecule has 8 heteroatoms. The lowest BCUT2D eigenvalue weighted by Gasteiger charge is -2.33. The van der Waals surface area contributed by atoms with E-state index in [4.69, 9.17) is 18.8 Å². The summed E-state index contributed by atoms with van der Waals surface area (Å²) in [6.07, 6.45) is 0. The Kier molecular flexibility index (Phi) is 5.30. The molecule has 1 aromatic heterocycles. The fourth-order valence-corrected chi connectivity index (χ4v) is 3.22. The van der Waals surface area contributed by atoms with Gasteiger partial charge in [0.15, 0.2) is 0 Å². The number of hydrogen-bond acceptors (Lipinski definition) is 6. The normalized spacial score (nSPS) is 16.3. The lowest BCUT2D eigenvalue weighted by molar-refractivity contribution is 0.0341. The summed E-state index contributed by atoms with van der Waals surface area (Å²) in [6, 6.07) is 5.72. The van der Waals surface area contributed by atoms with Crippen LogP contribution in [0, 0.1) is 12.3 Å². The fraction of sp³-hybridized carbons (Fsp3) is 0.474. The highest BCUT2D eigenvalue weighted by atomic mass is 16.6. The number of carbonyl (C=O) groups is 1. The number of esters is 1. The first-order chi connectivity index (χ1) is 12.8. The quantitative estimate of drug-likeness (QED) is 0.604. The maximum Gasteiger partial charge on any atom is 0.497 e. The molecule has 144 valence electrons. The van der Waals surface area contributed by atoms with Crippen LogP contribution in [0.5, 0.6) is 5.75 Å². The van der Waals surface area contributed by atoms with Crippen LogP contribution in [0.15, 0.2) is 18.2 Å². The van der Waals surface area contributed by atoms with Gasteiger partial charge in [0.2, 0.25) is 0 Å². The summed E-state index contributed by atoms with van der Waals surface area (Å²) in [7, 11) is 4.20. The van der Waals surface area contributed by atoms with Crippen LogP contribution in [0.2, 0.25) is 0 Å². The van der Waals surface area contributed by atoms with Gasteiger partial charge in [-0.25, -0.2) is 4.79 Å². The molecule has 7 nitrogen and oxygen atoms in total. The predicted octanol–water partition coefficient (Wildman–Crippen LogP) is 1.96. The second-order valence-electron chi connectivity index (χ2n) is 7.51. The zero-order valence-corrected chi connectivity index (χ0v) is 16.7. The summed E-state index contributed by atoms with van der Waals surface area (Å²) in [5, 5.41) is 4.51. The molecule has 1 aliphatic heterocycles. The molecule has 0 aliphatic carbocycles. The molecule has 1 fully saturated rings. The molecule has 0 unspecified atom stereocenters. The van der Waals surface area contributed by atoms with E-state index in [0.717, 1.165) is 16.6 Å². The second-order valence-corrected chi connectivity index (χ2v) is 7.51. The summed E-state index contributed by atoms with van der Waals surface area (Å²) in [4.78, 5) is 12.0. The largest absolute Gasteiger partial charge is 0.497 e. The number of nitrogens with zero attached hydrogens (tertiary/aromatic N) is 2. The topological polar surface area (TPSA) is 71.8 Å². The van der Waals surface area contributed by atoms with Gasteiger partial charge in [0.05, 0.1) is 19.9 Å². The average Bonchev–Trinajstić information content (AvgIpc) is 2.95. The molecule has 0 spiro atoms. The van der Waals surface area contributed by atoms with Gasteiger partial charge in [0, 0.05) is 42.3 Å². The van der Waals surface area contributed by atoms with Gasteiger partial charge in [0.25, 0.3) is 0 Å². The van der Waals surface area contributed by atoms with E-state index in [0.29, 0.717) is 30.4 Å². The minimum absolute atomic E-state index is 0.0195. The summed E-state index contributed by atoms with van der Waals surface area (Å²) in [5.74, 6) is 0.272. The van der Waals surface area contributed by atoms with Gasteiger partial charge in [-0.2, -0.15) is 5.10 Å². The molecule has 3 rings (SSSR count). The zero-order valence-electron chi connectivity index (χ0n) is 16.7. The number of aryl methyl sites for hydroxylation is 1. The second kappa shape index (κ2) is 7.36. The van der Waals surface area contributed by atoms with Crippen molar-refractivity contribution in [3.05, 3.63) is 29.5 Å². The summed E-state index contributed by atoms with van der Waals surface area (Å²) < 4.78 is 23.7. The molecule has 2 heterocycles. The Morgan fingerprint density at radius 1 is 1.26 bits per heavy atom. The third-order valence-corrected chi connectivity index (χ3v) is 4.67. The van der Waals surface area contributed by atoms with Gasteiger partial charge < -0.3 is 18.8 Å². The van der Waals surface area contributed by atoms with Crippen LogP contribution in [0.1, 0.15) is 29.9 Å². The monoisotopic (exact) mass is 372 g/mol. The predicted molar refractivity (Wildman–Crippen MR) is 102 cm³/mol. The third kappa shape index (κ3) is 3.72. The molecule has 1 saturated heterocycles. The van der Waals surface area contributed by atoms with Gasteiger partial charge in [-0.15, -0.1) is 0 Å². The first-order valence-electron chi connectivity index (χ1n) is 8.81. The first-order valence-corrected chi connectivity index (χ1v) is 8.81. The number of carbonyl (C=O) groups excluding carboxylic acids is 1. The van der Waals surface area contributed by atoms with E-state index in [1.807, 2.05) is 25.1 Å². The van der Waals surface area contributed by atoms with Crippen molar-refractivity contribution in [2.24, 2.45) is 12.5 Å². The maximum atomic E-state index is 12.0. The number of rotatable bonds is 4.